The second kappa shape index (κ2) is 8.50. The molecule has 0 spiro atoms. The molecule has 3 aromatic rings. The van der Waals surface area contributed by atoms with E-state index in [1.165, 1.54) is 33.8 Å². The molecular formula is C19H18F3N5O4. The first kappa shape index (κ1) is 21.9. The smallest absolute Gasteiger partial charge is 0.416 e. The molecule has 0 aliphatic carbocycles. The minimum Gasteiger partial charge on any atom is -0.476 e. The highest BCUT2D eigenvalue weighted by atomic mass is 19.4. The molecule has 12 heteroatoms. The Balaban J connectivity index is 1.66. The highest BCUT2D eigenvalue weighted by Crippen LogP contribution is 2.31. The molecule has 164 valence electrons. The van der Waals surface area contributed by atoms with Crippen LogP contribution in [0.4, 0.5) is 18.9 Å². The number of hydrogen-bond donors (Lipinski definition) is 2. The van der Waals surface area contributed by atoms with Crippen molar-refractivity contribution in [3.63, 3.8) is 0 Å². The van der Waals surface area contributed by atoms with Crippen LogP contribution in [0.25, 0.3) is 0 Å². The number of aromatic carboxylic acids is 1. The molecule has 0 fully saturated rings. The van der Waals surface area contributed by atoms with Crippen LogP contribution in [0, 0.1) is 13.8 Å². The summed E-state index contributed by atoms with van der Waals surface area (Å²) in [6.07, 6.45) is -3.11. The zero-order valence-electron chi connectivity index (χ0n) is 16.5. The van der Waals surface area contributed by atoms with Gasteiger partial charge in [0, 0.05) is 6.20 Å². The summed E-state index contributed by atoms with van der Waals surface area (Å²) in [7, 11) is 0. The van der Waals surface area contributed by atoms with Crippen LogP contribution in [-0.2, 0) is 24.2 Å². The molecule has 9 nitrogen and oxygen atoms in total. The van der Waals surface area contributed by atoms with Crippen LogP contribution in [0.3, 0.4) is 0 Å². The van der Waals surface area contributed by atoms with Gasteiger partial charge in [0.25, 0.3) is 0 Å². The van der Waals surface area contributed by atoms with E-state index < -0.39 is 23.6 Å². The van der Waals surface area contributed by atoms with E-state index in [-0.39, 0.29) is 24.7 Å². The maximum atomic E-state index is 12.8. The molecule has 0 saturated heterocycles. The minimum absolute atomic E-state index is 0.0286. The van der Waals surface area contributed by atoms with Gasteiger partial charge in [0.05, 0.1) is 22.6 Å². The number of halogens is 3. The quantitative estimate of drug-likeness (QED) is 0.588. The third-order valence-corrected chi connectivity index (χ3v) is 4.33. The van der Waals surface area contributed by atoms with Crippen molar-refractivity contribution in [3.8, 4) is 5.75 Å². The number of carboxylic acid groups (broad SMARTS) is 1. The molecule has 0 aliphatic heterocycles. The van der Waals surface area contributed by atoms with E-state index in [0.717, 1.165) is 12.1 Å². The topological polar surface area (TPSA) is 111 Å². The Hall–Kier alpha value is -3.83. The van der Waals surface area contributed by atoms with E-state index in [1.807, 2.05) is 0 Å². The van der Waals surface area contributed by atoms with Crippen LogP contribution in [0.15, 0.2) is 36.5 Å². The second-order valence-electron chi connectivity index (χ2n) is 6.60. The Bertz CT molecular complexity index is 1120. The predicted octanol–water partition coefficient (Wildman–Crippen LogP) is 3.09. The Labute approximate surface area is 174 Å². The molecule has 0 unspecified atom stereocenters. The lowest BCUT2D eigenvalue weighted by molar-refractivity contribution is -0.137. The number of anilines is 1. The van der Waals surface area contributed by atoms with Crippen molar-refractivity contribution in [2.24, 2.45) is 0 Å². The lowest BCUT2D eigenvalue weighted by atomic mass is 10.2. The monoisotopic (exact) mass is 437 g/mol. The molecular weight excluding hydrogens is 419 g/mol. The van der Waals surface area contributed by atoms with E-state index in [9.17, 15) is 22.8 Å². The summed E-state index contributed by atoms with van der Waals surface area (Å²) < 4.78 is 46.5. The van der Waals surface area contributed by atoms with Crippen molar-refractivity contribution in [3.05, 3.63) is 59.2 Å². The van der Waals surface area contributed by atoms with E-state index in [0.29, 0.717) is 17.1 Å². The highest BCUT2D eigenvalue weighted by molar-refractivity contribution is 5.91. The number of rotatable bonds is 7. The number of ether oxygens (including phenoxy) is 1. The lowest BCUT2D eigenvalue weighted by Gasteiger charge is -2.11. The summed E-state index contributed by atoms with van der Waals surface area (Å²) in [5, 5.41) is 19.6. The summed E-state index contributed by atoms with van der Waals surface area (Å²) in [5.41, 5.74) is 0.425. The summed E-state index contributed by atoms with van der Waals surface area (Å²) in [6.45, 7) is 2.95. The van der Waals surface area contributed by atoms with Crippen LogP contribution in [0.1, 0.15) is 27.4 Å². The number of nitrogens with one attached hydrogen (secondary N) is 1. The van der Waals surface area contributed by atoms with Gasteiger partial charge in [0.15, 0.2) is 12.4 Å². The average Bonchev–Trinajstić information content (AvgIpc) is 3.26. The van der Waals surface area contributed by atoms with Crippen LogP contribution in [0.2, 0.25) is 0 Å². The fourth-order valence-electron chi connectivity index (χ4n) is 2.79. The van der Waals surface area contributed by atoms with E-state index in [4.69, 9.17) is 9.84 Å². The van der Waals surface area contributed by atoms with Gasteiger partial charge in [0.1, 0.15) is 12.3 Å². The summed E-state index contributed by atoms with van der Waals surface area (Å²) in [4.78, 5) is 23.2. The van der Waals surface area contributed by atoms with Gasteiger partial charge in [0.2, 0.25) is 5.91 Å². The Morgan fingerprint density at radius 1 is 1.19 bits per heavy atom. The van der Waals surface area contributed by atoms with Gasteiger partial charge < -0.3 is 15.2 Å². The van der Waals surface area contributed by atoms with Crippen LogP contribution >= 0.6 is 0 Å². The number of amides is 1. The second-order valence-corrected chi connectivity index (χ2v) is 6.60. The van der Waals surface area contributed by atoms with Gasteiger partial charge in [-0.2, -0.15) is 23.4 Å². The molecule has 0 bridgehead atoms. The number of aryl methyl sites for hydroxylation is 1. The molecule has 1 amide bonds. The maximum absolute atomic E-state index is 12.8. The number of carbonyl (C=O) groups excluding carboxylic acids is 1. The van der Waals surface area contributed by atoms with Gasteiger partial charge in [-0.3, -0.25) is 9.48 Å². The van der Waals surface area contributed by atoms with E-state index in [1.54, 1.807) is 13.8 Å². The molecule has 2 heterocycles. The van der Waals surface area contributed by atoms with Crippen molar-refractivity contribution in [2.75, 3.05) is 5.32 Å². The first-order valence-corrected chi connectivity index (χ1v) is 8.95. The molecule has 1 aromatic carbocycles. The molecule has 0 radical (unpaired) electrons. The molecule has 2 aromatic heterocycles. The highest BCUT2D eigenvalue weighted by Gasteiger charge is 2.30. The van der Waals surface area contributed by atoms with Crippen molar-refractivity contribution in [1.82, 2.24) is 19.6 Å². The van der Waals surface area contributed by atoms with E-state index in [2.05, 4.69) is 15.5 Å². The number of aromatic nitrogens is 4. The van der Waals surface area contributed by atoms with Gasteiger partial charge in [-0.25, -0.2) is 9.48 Å². The molecule has 0 aliphatic rings. The fourth-order valence-corrected chi connectivity index (χ4v) is 2.79. The first-order chi connectivity index (χ1) is 14.5. The molecule has 3 rings (SSSR count). The predicted molar refractivity (Wildman–Crippen MR) is 102 cm³/mol. The number of carboxylic acids is 1. The van der Waals surface area contributed by atoms with Gasteiger partial charge in [-0.05, 0) is 38.1 Å². The normalized spacial score (nSPS) is 11.4. The third kappa shape index (κ3) is 5.21. The lowest BCUT2D eigenvalue weighted by Crippen LogP contribution is -2.20. The number of carbonyl (C=O) groups is 2. The van der Waals surface area contributed by atoms with Crippen LogP contribution in [-0.4, -0.2) is 36.5 Å². The van der Waals surface area contributed by atoms with Crippen molar-refractivity contribution in [2.45, 2.75) is 33.3 Å². The number of benzene rings is 1. The molecule has 0 saturated carbocycles. The van der Waals surface area contributed by atoms with Crippen molar-refractivity contribution < 1.29 is 32.6 Å². The standard InChI is InChI=1S/C19H18F3N5O4/c1-11-17(23-16(28)9-26-7-6-15(25-26)18(29)30)12(2)27(24-11)10-31-14-5-3-4-13(8-14)19(20,21)22/h3-8H,9-10H2,1-2H3,(H,23,28)(H,29,30). The zero-order chi connectivity index (χ0) is 22.8. The van der Waals surface area contributed by atoms with Crippen molar-refractivity contribution in [1.29, 1.82) is 0 Å². The average molecular weight is 437 g/mol. The van der Waals surface area contributed by atoms with Gasteiger partial charge in [-0.1, -0.05) is 6.07 Å². The maximum Gasteiger partial charge on any atom is 0.416 e. The largest absolute Gasteiger partial charge is 0.476 e. The fraction of sp³-hybridized carbons (Fsp3) is 0.263. The number of alkyl halides is 3. The molecule has 0 atom stereocenters. The Morgan fingerprint density at radius 2 is 1.94 bits per heavy atom. The van der Waals surface area contributed by atoms with Crippen LogP contribution in [0.5, 0.6) is 5.75 Å². The SMILES string of the molecule is Cc1nn(COc2cccc(C(F)(F)F)c2)c(C)c1NC(=O)Cn1ccc(C(=O)O)n1. The summed E-state index contributed by atoms with van der Waals surface area (Å²) in [5.74, 6) is -1.63. The third-order valence-electron chi connectivity index (χ3n) is 4.33. The van der Waals surface area contributed by atoms with Gasteiger partial charge >= 0.3 is 12.1 Å². The number of hydrogen-bond acceptors (Lipinski definition) is 5. The molecule has 31 heavy (non-hydrogen) atoms. The zero-order valence-corrected chi connectivity index (χ0v) is 16.5. The van der Waals surface area contributed by atoms with E-state index >= 15 is 0 Å². The minimum atomic E-state index is -4.48. The summed E-state index contributed by atoms with van der Waals surface area (Å²) in [6, 6.07) is 5.76. The number of nitrogens with zero attached hydrogens (tertiary/aromatic N) is 4. The molecule has 2 N–H and O–H groups in total. The summed E-state index contributed by atoms with van der Waals surface area (Å²) >= 11 is 0. The van der Waals surface area contributed by atoms with Crippen molar-refractivity contribution >= 4 is 17.6 Å². The van der Waals surface area contributed by atoms with Gasteiger partial charge in [-0.15, -0.1) is 0 Å². The Morgan fingerprint density at radius 3 is 2.58 bits per heavy atom. The first-order valence-electron chi connectivity index (χ1n) is 8.95. The van der Waals surface area contributed by atoms with Crippen LogP contribution < -0.4 is 10.1 Å². The Kier molecular flexibility index (Phi) is 5.99.